The lowest BCUT2D eigenvalue weighted by atomic mass is 10.2. The summed E-state index contributed by atoms with van der Waals surface area (Å²) in [6.45, 7) is 1.69. The highest BCUT2D eigenvalue weighted by Gasteiger charge is 2.12. The number of terminal acetylenes is 1. The second kappa shape index (κ2) is 4.85. The number of hydrogen-bond acceptors (Lipinski definition) is 2. The van der Waals surface area contributed by atoms with Crippen LogP contribution in [0.5, 0.6) is 5.75 Å². The quantitative estimate of drug-likeness (QED) is 0.805. The highest BCUT2D eigenvalue weighted by Crippen LogP contribution is 2.22. The van der Waals surface area contributed by atoms with Crippen molar-refractivity contribution in [3.05, 3.63) is 28.2 Å². The molecule has 78 valence electrons. The molecule has 1 aromatic rings. The van der Waals surface area contributed by atoms with Gasteiger partial charge < -0.3 is 10.4 Å². The predicted octanol–water partition coefficient (Wildman–Crippen LogP) is 1.91. The lowest BCUT2D eigenvalue weighted by Gasteiger charge is -2.08. The minimum atomic E-state index is -0.384. The van der Waals surface area contributed by atoms with Crippen molar-refractivity contribution in [2.45, 2.75) is 13.0 Å². The van der Waals surface area contributed by atoms with Crippen LogP contribution in [0, 0.1) is 12.3 Å². The zero-order valence-electron chi connectivity index (χ0n) is 8.12. The van der Waals surface area contributed by atoms with Gasteiger partial charge in [0.15, 0.2) is 0 Å². The first-order chi connectivity index (χ1) is 7.04. The van der Waals surface area contributed by atoms with Gasteiger partial charge in [-0.3, -0.25) is 4.79 Å². The molecule has 1 aromatic carbocycles. The molecule has 0 spiro atoms. The van der Waals surface area contributed by atoms with Crippen LogP contribution in [0.4, 0.5) is 0 Å². The van der Waals surface area contributed by atoms with Gasteiger partial charge in [-0.25, -0.2) is 0 Å². The molecule has 1 unspecified atom stereocenters. The highest BCUT2D eigenvalue weighted by molar-refractivity contribution is 9.10. The number of benzene rings is 1. The Hall–Kier alpha value is -1.47. The SMILES string of the molecule is C#CC(C)NC(=O)c1ccc(Br)cc1O. The van der Waals surface area contributed by atoms with Crippen LogP contribution in [0.3, 0.4) is 0 Å². The van der Waals surface area contributed by atoms with Crippen molar-refractivity contribution in [2.24, 2.45) is 0 Å². The largest absolute Gasteiger partial charge is 0.507 e. The molecule has 0 radical (unpaired) electrons. The maximum absolute atomic E-state index is 11.6. The lowest BCUT2D eigenvalue weighted by molar-refractivity contribution is 0.0945. The van der Waals surface area contributed by atoms with E-state index < -0.39 is 0 Å². The molecular formula is C11H10BrNO2. The van der Waals surface area contributed by atoms with Crippen molar-refractivity contribution in [3.63, 3.8) is 0 Å². The molecular weight excluding hydrogens is 258 g/mol. The molecule has 2 N–H and O–H groups in total. The van der Waals surface area contributed by atoms with Crippen LogP contribution in [0.25, 0.3) is 0 Å². The van der Waals surface area contributed by atoms with Gasteiger partial charge in [-0.2, -0.15) is 0 Å². The fraction of sp³-hybridized carbons (Fsp3) is 0.182. The number of rotatable bonds is 2. The maximum Gasteiger partial charge on any atom is 0.255 e. The normalized spacial score (nSPS) is 11.5. The number of phenols is 1. The first-order valence-electron chi connectivity index (χ1n) is 4.30. The van der Waals surface area contributed by atoms with Crippen LogP contribution >= 0.6 is 15.9 Å². The van der Waals surface area contributed by atoms with E-state index in [1.807, 2.05) is 0 Å². The minimum Gasteiger partial charge on any atom is -0.507 e. The first kappa shape index (κ1) is 11.6. The second-order valence-corrected chi connectivity index (χ2v) is 3.94. The van der Waals surface area contributed by atoms with Gasteiger partial charge >= 0.3 is 0 Å². The molecule has 0 aliphatic heterocycles. The Balaban J connectivity index is 2.88. The van der Waals surface area contributed by atoms with E-state index in [0.29, 0.717) is 4.47 Å². The summed E-state index contributed by atoms with van der Waals surface area (Å²) in [4.78, 5) is 11.6. The molecule has 0 aliphatic rings. The fourth-order valence-electron chi connectivity index (χ4n) is 1.01. The van der Waals surface area contributed by atoms with Crippen LogP contribution in [0.1, 0.15) is 17.3 Å². The van der Waals surface area contributed by atoms with Crippen LogP contribution in [0.2, 0.25) is 0 Å². The molecule has 1 atom stereocenters. The summed E-state index contributed by atoms with van der Waals surface area (Å²) < 4.78 is 0.710. The summed E-state index contributed by atoms with van der Waals surface area (Å²) in [5.41, 5.74) is 0.209. The van der Waals surface area contributed by atoms with Crippen molar-refractivity contribution in [1.82, 2.24) is 5.32 Å². The van der Waals surface area contributed by atoms with Gasteiger partial charge in [-0.05, 0) is 25.1 Å². The molecule has 3 nitrogen and oxygen atoms in total. The smallest absolute Gasteiger partial charge is 0.255 e. The fourth-order valence-corrected chi connectivity index (χ4v) is 1.36. The lowest BCUT2D eigenvalue weighted by Crippen LogP contribution is -2.31. The molecule has 0 aromatic heterocycles. The summed E-state index contributed by atoms with van der Waals surface area (Å²) >= 11 is 3.19. The van der Waals surface area contributed by atoms with Gasteiger partial charge in [-0.1, -0.05) is 21.9 Å². The predicted molar refractivity (Wildman–Crippen MR) is 61.6 cm³/mol. The Kier molecular flexibility index (Phi) is 3.75. The van der Waals surface area contributed by atoms with Crippen molar-refractivity contribution in [1.29, 1.82) is 0 Å². The Bertz CT molecular complexity index is 423. The number of amides is 1. The number of carbonyl (C=O) groups is 1. The third-order valence-electron chi connectivity index (χ3n) is 1.80. The molecule has 0 bridgehead atoms. The van der Waals surface area contributed by atoms with Crippen molar-refractivity contribution >= 4 is 21.8 Å². The van der Waals surface area contributed by atoms with Crippen LogP contribution in [-0.2, 0) is 0 Å². The van der Waals surface area contributed by atoms with E-state index in [9.17, 15) is 9.90 Å². The molecule has 1 amide bonds. The standard InChI is InChI=1S/C11H10BrNO2/c1-3-7(2)13-11(15)9-5-4-8(12)6-10(9)14/h1,4-7,14H,2H3,(H,13,15). The maximum atomic E-state index is 11.6. The van der Waals surface area contributed by atoms with Crippen LogP contribution in [0.15, 0.2) is 22.7 Å². The van der Waals surface area contributed by atoms with Gasteiger partial charge in [0.2, 0.25) is 0 Å². The van der Waals surface area contributed by atoms with E-state index >= 15 is 0 Å². The van der Waals surface area contributed by atoms with Crippen LogP contribution < -0.4 is 5.32 Å². The molecule has 4 heteroatoms. The van der Waals surface area contributed by atoms with Gasteiger partial charge in [0.05, 0.1) is 11.6 Å². The third-order valence-corrected chi connectivity index (χ3v) is 2.30. The minimum absolute atomic E-state index is 0.0777. The Morgan fingerprint density at radius 1 is 1.67 bits per heavy atom. The second-order valence-electron chi connectivity index (χ2n) is 3.02. The first-order valence-corrected chi connectivity index (χ1v) is 5.09. The Morgan fingerprint density at radius 3 is 2.87 bits per heavy atom. The Labute approximate surface area is 96.6 Å². The third kappa shape index (κ3) is 3.00. The van der Waals surface area contributed by atoms with Gasteiger partial charge in [0, 0.05) is 4.47 Å². The molecule has 15 heavy (non-hydrogen) atoms. The number of phenolic OH excluding ortho intramolecular Hbond substituents is 1. The number of halogens is 1. The highest BCUT2D eigenvalue weighted by atomic mass is 79.9. The zero-order valence-corrected chi connectivity index (χ0v) is 9.71. The molecule has 0 saturated heterocycles. The molecule has 0 aliphatic carbocycles. The van der Waals surface area contributed by atoms with Gasteiger partial charge in [-0.15, -0.1) is 6.42 Å². The van der Waals surface area contributed by atoms with Gasteiger partial charge in [0.1, 0.15) is 5.75 Å². The molecule has 0 heterocycles. The number of hydrogen-bond donors (Lipinski definition) is 2. The van der Waals surface area contributed by atoms with Crippen molar-refractivity contribution in [2.75, 3.05) is 0 Å². The Morgan fingerprint density at radius 2 is 2.33 bits per heavy atom. The molecule has 0 fully saturated rings. The summed E-state index contributed by atoms with van der Waals surface area (Å²) in [5, 5.41) is 12.1. The van der Waals surface area contributed by atoms with Crippen molar-refractivity contribution < 1.29 is 9.90 Å². The summed E-state index contributed by atoms with van der Waals surface area (Å²) in [5.74, 6) is 1.91. The number of aromatic hydroxyl groups is 1. The van der Waals surface area contributed by atoms with E-state index in [0.717, 1.165) is 0 Å². The van der Waals surface area contributed by atoms with Gasteiger partial charge in [0.25, 0.3) is 5.91 Å². The van der Waals surface area contributed by atoms with E-state index in [1.54, 1.807) is 13.0 Å². The van der Waals surface area contributed by atoms with E-state index in [2.05, 4.69) is 27.2 Å². The summed E-state index contributed by atoms with van der Waals surface area (Å²) in [6, 6.07) is 4.29. The van der Waals surface area contributed by atoms with Crippen LogP contribution in [-0.4, -0.2) is 17.1 Å². The topological polar surface area (TPSA) is 49.3 Å². The number of carbonyl (C=O) groups excluding carboxylic acids is 1. The monoisotopic (exact) mass is 267 g/mol. The average Bonchev–Trinajstić information content (AvgIpc) is 2.17. The molecule has 0 saturated carbocycles. The van der Waals surface area contributed by atoms with E-state index in [4.69, 9.17) is 6.42 Å². The van der Waals surface area contributed by atoms with E-state index in [1.165, 1.54) is 12.1 Å². The van der Waals surface area contributed by atoms with Crippen molar-refractivity contribution in [3.8, 4) is 18.1 Å². The van der Waals surface area contributed by atoms with E-state index in [-0.39, 0.29) is 23.3 Å². The summed E-state index contributed by atoms with van der Waals surface area (Å²) in [7, 11) is 0. The number of nitrogens with one attached hydrogen (secondary N) is 1. The molecule has 1 rings (SSSR count). The average molecular weight is 268 g/mol. The summed E-state index contributed by atoms with van der Waals surface area (Å²) in [6.07, 6.45) is 5.13. The zero-order chi connectivity index (χ0) is 11.4.